The maximum Gasteiger partial charge on any atom is 0.336 e. The fourth-order valence-electron chi connectivity index (χ4n) is 2.27. The highest BCUT2D eigenvalue weighted by Gasteiger charge is 2.14. The standard InChI is InChI=1S/C18H13ClFN3O3S/c1-23(18-22-15(9-27-18)11-4-2-3-5-13(11)19)21-8-10-6-16(24)14(20)7-12(10)17(25)26/h2-9,24H,1H3,(H,25,26)/b21-8+. The van der Waals surface area contributed by atoms with Crippen LogP contribution >= 0.6 is 22.9 Å². The summed E-state index contributed by atoms with van der Waals surface area (Å²) in [5, 5.41) is 27.2. The molecule has 9 heteroatoms. The molecule has 3 aromatic rings. The van der Waals surface area contributed by atoms with Crippen molar-refractivity contribution in [3.63, 3.8) is 0 Å². The number of thiazole rings is 1. The first-order chi connectivity index (χ1) is 12.9. The highest BCUT2D eigenvalue weighted by molar-refractivity contribution is 7.14. The molecule has 1 aromatic heterocycles. The fourth-order valence-corrected chi connectivity index (χ4v) is 3.25. The summed E-state index contributed by atoms with van der Waals surface area (Å²) in [7, 11) is 1.63. The molecule has 0 bridgehead atoms. The van der Waals surface area contributed by atoms with Crippen LogP contribution < -0.4 is 5.01 Å². The number of aromatic nitrogens is 1. The van der Waals surface area contributed by atoms with Gasteiger partial charge in [0.2, 0.25) is 5.13 Å². The Morgan fingerprint density at radius 2 is 2.11 bits per heavy atom. The third-order valence-electron chi connectivity index (χ3n) is 3.64. The second-order valence-electron chi connectivity index (χ2n) is 5.46. The van der Waals surface area contributed by atoms with Crippen LogP contribution in [0.1, 0.15) is 15.9 Å². The van der Waals surface area contributed by atoms with Gasteiger partial charge in [0, 0.05) is 28.6 Å². The first-order valence-electron chi connectivity index (χ1n) is 7.60. The van der Waals surface area contributed by atoms with Crippen molar-refractivity contribution in [1.29, 1.82) is 0 Å². The number of carboxylic acid groups (broad SMARTS) is 1. The van der Waals surface area contributed by atoms with Crippen molar-refractivity contribution in [2.45, 2.75) is 0 Å². The highest BCUT2D eigenvalue weighted by Crippen LogP contribution is 2.31. The summed E-state index contributed by atoms with van der Waals surface area (Å²) in [5.74, 6) is -2.99. The monoisotopic (exact) mass is 405 g/mol. The highest BCUT2D eigenvalue weighted by atomic mass is 35.5. The van der Waals surface area contributed by atoms with Gasteiger partial charge in [-0.2, -0.15) is 5.10 Å². The third kappa shape index (κ3) is 4.07. The minimum atomic E-state index is -1.33. The molecule has 0 aliphatic rings. The van der Waals surface area contributed by atoms with Gasteiger partial charge in [0.1, 0.15) is 0 Å². The summed E-state index contributed by atoms with van der Waals surface area (Å²) in [6.07, 6.45) is 1.22. The lowest BCUT2D eigenvalue weighted by atomic mass is 10.1. The van der Waals surface area contributed by atoms with E-state index in [9.17, 15) is 19.4 Å². The van der Waals surface area contributed by atoms with Gasteiger partial charge in [0.05, 0.1) is 17.5 Å². The molecular formula is C18H13ClFN3O3S. The van der Waals surface area contributed by atoms with Gasteiger partial charge in [-0.3, -0.25) is 0 Å². The Morgan fingerprint density at radius 1 is 1.37 bits per heavy atom. The summed E-state index contributed by atoms with van der Waals surface area (Å²) in [5.41, 5.74) is 1.23. The van der Waals surface area contributed by atoms with Gasteiger partial charge in [-0.15, -0.1) is 11.3 Å². The van der Waals surface area contributed by atoms with Crippen molar-refractivity contribution < 1.29 is 19.4 Å². The number of phenolic OH excluding ortho intramolecular Hbond substituents is 1. The van der Waals surface area contributed by atoms with E-state index < -0.39 is 17.5 Å². The minimum absolute atomic E-state index is 0.0659. The smallest absolute Gasteiger partial charge is 0.336 e. The molecular weight excluding hydrogens is 393 g/mol. The van der Waals surface area contributed by atoms with Crippen molar-refractivity contribution in [3.05, 3.63) is 63.7 Å². The predicted molar refractivity (Wildman–Crippen MR) is 104 cm³/mol. The topological polar surface area (TPSA) is 86.0 Å². The summed E-state index contributed by atoms with van der Waals surface area (Å²) in [6, 6.07) is 9.06. The van der Waals surface area contributed by atoms with Crippen molar-refractivity contribution in [1.82, 2.24) is 4.98 Å². The second-order valence-corrected chi connectivity index (χ2v) is 6.70. The Morgan fingerprint density at radius 3 is 2.81 bits per heavy atom. The Hall–Kier alpha value is -2.97. The van der Waals surface area contributed by atoms with Crippen molar-refractivity contribution in [2.75, 3.05) is 12.1 Å². The number of hydrogen-bond acceptors (Lipinski definition) is 6. The zero-order valence-electron chi connectivity index (χ0n) is 13.9. The number of nitrogens with zero attached hydrogens (tertiary/aromatic N) is 3. The largest absolute Gasteiger partial charge is 0.505 e. The molecule has 0 atom stereocenters. The lowest BCUT2D eigenvalue weighted by Gasteiger charge is -2.09. The lowest BCUT2D eigenvalue weighted by Crippen LogP contribution is -2.10. The minimum Gasteiger partial charge on any atom is -0.505 e. The van der Waals surface area contributed by atoms with E-state index in [1.54, 1.807) is 13.1 Å². The number of aromatic hydroxyl groups is 1. The van der Waals surface area contributed by atoms with Crippen molar-refractivity contribution >= 4 is 40.3 Å². The molecule has 27 heavy (non-hydrogen) atoms. The number of benzene rings is 2. The predicted octanol–water partition coefficient (Wildman–Crippen LogP) is 4.48. The molecule has 0 aliphatic heterocycles. The van der Waals surface area contributed by atoms with Gasteiger partial charge in [-0.05, 0) is 18.2 Å². The van der Waals surface area contributed by atoms with E-state index >= 15 is 0 Å². The van der Waals surface area contributed by atoms with E-state index in [1.165, 1.54) is 22.6 Å². The number of aromatic carboxylic acids is 1. The van der Waals surface area contributed by atoms with Crippen LogP contribution in [0.3, 0.4) is 0 Å². The van der Waals surface area contributed by atoms with Gasteiger partial charge in [-0.1, -0.05) is 29.8 Å². The van der Waals surface area contributed by atoms with Crippen LogP contribution in [0.5, 0.6) is 5.75 Å². The molecule has 0 unspecified atom stereocenters. The normalized spacial score (nSPS) is 11.1. The lowest BCUT2D eigenvalue weighted by molar-refractivity contribution is 0.0696. The number of anilines is 1. The molecule has 2 aromatic carbocycles. The molecule has 3 rings (SSSR count). The summed E-state index contributed by atoms with van der Waals surface area (Å²) >= 11 is 7.50. The number of halogens is 2. The summed E-state index contributed by atoms with van der Waals surface area (Å²) in [4.78, 5) is 15.7. The number of carbonyl (C=O) groups is 1. The summed E-state index contributed by atoms with van der Waals surface area (Å²) < 4.78 is 13.4. The van der Waals surface area contributed by atoms with E-state index in [0.29, 0.717) is 15.8 Å². The SMILES string of the molecule is CN(/N=C/c1cc(O)c(F)cc1C(=O)O)c1nc(-c2ccccc2Cl)cs1. The molecule has 0 radical (unpaired) electrons. The van der Waals surface area contributed by atoms with E-state index in [2.05, 4.69) is 10.1 Å². The molecule has 0 spiro atoms. The number of hydrazone groups is 1. The molecule has 0 saturated heterocycles. The van der Waals surface area contributed by atoms with E-state index in [1.807, 2.05) is 23.6 Å². The van der Waals surface area contributed by atoms with Crippen LogP contribution in [-0.2, 0) is 0 Å². The van der Waals surface area contributed by atoms with Crippen LogP contribution in [0.15, 0.2) is 46.9 Å². The molecule has 0 amide bonds. The Bertz CT molecular complexity index is 1040. The molecule has 0 aliphatic carbocycles. The molecule has 0 saturated carbocycles. The maximum absolute atomic E-state index is 13.4. The van der Waals surface area contributed by atoms with Crippen molar-refractivity contribution in [3.8, 4) is 17.0 Å². The van der Waals surface area contributed by atoms with Crippen LogP contribution in [0, 0.1) is 5.82 Å². The van der Waals surface area contributed by atoms with Gasteiger partial charge in [-0.25, -0.2) is 19.2 Å². The zero-order chi connectivity index (χ0) is 19.6. The Kier molecular flexibility index (Phi) is 5.38. The van der Waals surface area contributed by atoms with Gasteiger partial charge >= 0.3 is 5.97 Å². The first-order valence-corrected chi connectivity index (χ1v) is 8.86. The zero-order valence-corrected chi connectivity index (χ0v) is 15.5. The van der Waals surface area contributed by atoms with Gasteiger partial charge in [0.15, 0.2) is 11.6 Å². The molecule has 2 N–H and O–H groups in total. The second kappa shape index (κ2) is 7.73. The quantitative estimate of drug-likeness (QED) is 0.483. The Balaban J connectivity index is 1.86. The molecule has 138 valence electrons. The number of phenols is 1. The first kappa shape index (κ1) is 18.8. The fraction of sp³-hybridized carbons (Fsp3) is 0.0556. The van der Waals surface area contributed by atoms with Crippen LogP contribution in [0.4, 0.5) is 9.52 Å². The third-order valence-corrected chi connectivity index (χ3v) is 4.88. The van der Waals surface area contributed by atoms with Gasteiger partial charge in [0.25, 0.3) is 0 Å². The van der Waals surface area contributed by atoms with E-state index in [0.717, 1.165) is 17.7 Å². The Labute approximate surface area is 162 Å². The summed E-state index contributed by atoms with van der Waals surface area (Å²) in [6.45, 7) is 0. The molecule has 0 fully saturated rings. The molecule has 6 nitrogen and oxygen atoms in total. The molecule has 1 heterocycles. The maximum atomic E-state index is 13.4. The van der Waals surface area contributed by atoms with Crippen LogP contribution in [-0.4, -0.2) is 34.4 Å². The average molecular weight is 406 g/mol. The van der Waals surface area contributed by atoms with Gasteiger partial charge < -0.3 is 10.2 Å². The van der Waals surface area contributed by atoms with Crippen LogP contribution in [0.2, 0.25) is 5.02 Å². The van der Waals surface area contributed by atoms with E-state index in [-0.39, 0.29) is 11.1 Å². The van der Waals surface area contributed by atoms with Crippen molar-refractivity contribution in [2.24, 2.45) is 5.10 Å². The van der Waals surface area contributed by atoms with E-state index in [4.69, 9.17) is 11.6 Å². The van der Waals surface area contributed by atoms with Crippen LogP contribution in [0.25, 0.3) is 11.3 Å². The number of rotatable bonds is 5. The average Bonchev–Trinajstić information content (AvgIpc) is 3.12. The number of hydrogen-bond donors (Lipinski definition) is 2. The number of carboxylic acids is 1.